The molecule has 2 fully saturated rings. The van der Waals surface area contributed by atoms with Gasteiger partial charge in [-0.3, -0.25) is 5.32 Å². The van der Waals surface area contributed by atoms with Crippen molar-refractivity contribution in [1.29, 1.82) is 0 Å². The molecule has 1 aliphatic carbocycles. The standard InChI is InChI=1S/C27H32F2N4OS/c28-23-3-1-20(2-4-23)16-27-17-21(18-30)26(31-25-7-5-24(29)6-8-25)15-22(27)9-10-33(19-27)35-32-11-13-34-14-12-32/h1-8,15,31H,9-14,16-19,30H2/p+1. The first-order valence-corrected chi connectivity index (χ1v) is 13.0. The molecule has 2 heterocycles. The summed E-state index contributed by atoms with van der Waals surface area (Å²) in [6, 6.07) is 13.5. The summed E-state index contributed by atoms with van der Waals surface area (Å²) in [5, 5.41) is 2.12. The second-order valence-corrected chi connectivity index (χ2v) is 10.8. The zero-order chi connectivity index (χ0) is 24.3. The molecule has 1 unspecified atom stereocenters. The van der Waals surface area contributed by atoms with Gasteiger partial charge in [0.1, 0.15) is 23.0 Å². The highest BCUT2D eigenvalue weighted by atomic mass is 32.2. The fourth-order valence-corrected chi connectivity index (χ4v) is 6.50. The van der Waals surface area contributed by atoms with Gasteiger partial charge in [-0.15, -0.1) is 0 Å². The van der Waals surface area contributed by atoms with Crippen molar-refractivity contribution >= 4 is 17.8 Å². The summed E-state index contributed by atoms with van der Waals surface area (Å²) in [6.07, 6.45) is 4.99. The molecule has 0 aromatic heterocycles. The van der Waals surface area contributed by atoms with Gasteiger partial charge >= 0.3 is 0 Å². The van der Waals surface area contributed by atoms with Crippen molar-refractivity contribution < 1.29 is 18.8 Å². The SMILES string of the molecule is NCC1=C([NH2+]c2ccc(F)cc2)C=C2CCN(SN3CCOCC3)CC2(Cc2ccc(F)cc2)C1. The van der Waals surface area contributed by atoms with Crippen molar-refractivity contribution in [2.45, 2.75) is 19.3 Å². The van der Waals surface area contributed by atoms with Crippen LogP contribution in [0.3, 0.4) is 0 Å². The Labute approximate surface area is 210 Å². The summed E-state index contributed by atoms with van der Waals surface area (Å²) >= 11 is 1.83. The highest BCUT2D eigenvalue weighted by molar-refractivity contribution is 7.94. The smallest absolute Gasteiger partial charge is 0.135 e. The summed E-state index contributed by atoms with van der Waals surface area (Å²) in [7, 11) is 0. The number of nitrogens with two attached hydrogens (primary N) is 2. The van der Waals surface area contributed by atoms with Crippen molar-refractivity contribution in [3.63, 3.8) is 0 Å². The molecule has 0 saturated carbocycles. The molecule has 2 aliphatic heterocycles. The monoisotopic (exact) mass is 499 g/mol. The molecule has 2 aromatic rings. The van der Waals surface area contributed by atoms with Crippen LogP contribution in [0, 0.1) is 17.0 Å². The highest BCUT2D eigenvalue weighted by Crippen LogP contribution is 2.48. The number of halogens is 2. The zero-order valence-corrected chi connectivity index (χ0v) is 20.7. The van der Waals surface area contributed by atoms with Gasteiger partial charge in [-0.05, 0) is 55.2 Å². The third-order valence-corrected chi connectivity index (χ3v) is 8.31. The van der Waals surface area contributed by atoms with Gasteiger partial charge in [0.25, 0.3) is 0 Å². The minimum atomic E-state index is -0.236. The fraction of sp³-hybridized carbons (Fsp3) is 0.407. The van der Waals surface area contributed by atoms with Crippen LogP contribution in [0.25, 0.3) is 0 Å². The first kappa shape index (κ1) is 24.6. The van der Waals surface area contributed by atoms with Crippen LogP contribution in [-0.4, -0.2) is 54.5 Å². The van der Waals surface area contributed by atoms with Crippen LogP contribution >= 0.6 is 12.1 Å². The molecular weight excluding hydrogens is 466 g/mol. The van der Waals surface area contributed by atoms with E-state index >= 15 is 0 Å². The Morgan fingerprint density at radius 2 is 1.63 bits per heavy atom. The van der Waals surface area contributed by atoms with Gasteiger partial charge in [0.05, 0.1) is 13.2 Å². The Morgan fingerprint density at radius 1 is 0.943 bits per heavy atom. The van der Waals surface area contributed by atoms with Crippen LogP contribution in [0.2, 0.25) is 0 Å². The van der Waals surface area contributed by atoms with Gasteiger partial charge in [-0.2, -0.15) is 0 Å². The largest absolute Gasteiger partial charge is 0.379 e. The Balaban J connectivity index is 1.42. The van der Waals surface area contributed by atoms with Gasteiger partial charge in [-0.1, -0.05) is 17.7 Å². The predicted molar refractivity (Wildman–Crippen MR) is 135 cm³/mol. The van der Waals surface area contributed by atoms with Gasteiger partial charge in [0.2, 0.25) is 0 Å². The van der Waals surface area contributed by atoms with E-state index in [4.69, 9.17) is 10.5 Å². The third-order valence-electron chi connectivity index (χ3n) is 7.18. The molecule has 5 rings (SSSR count). The van der Waals surface area contributed by atoms with Crippen molar-refractivity contribution in [2.75, 3.05) is 45.9 Å². The molecule has 4 N–H and O–H groups in total. The number of hydrogen-bond acceptors (Lipinski definition) is 5. The lowest BCUT2D eigenvalue weighted by Gasteiger charge is -2.47. The fourth-order valence-electron chi connectivity index (χ4n) is 5.38. The molecule has 35 heavy (non-hydrogen) atoms. The van der Waals surface area contributed by atoms with Crippen LogP contribution in [0.15, 0.2) is 71.5 Å². The number of piperidine rings is 1. The highest BCUT2D eigenvalue weighted by Gasteiger charge is 2.44. The van der Waals surface area contributed by atoms with E-state index in [1.54, 1.807) is 24.3 Å². The molecule has 8 heteroatoms. The lowest BCUT2D eigenvalue weighted by molar-refractivity contribution is -0.514. The normalized spacial score (nSPS) is 23.8. The number of quaternary nitrogens is 1. The maximum absolute atomic E-state index is 13.6. The average Bonchev–Trinajstić information content (AvgIpc) is 2.87. The minimum Gasteiger partial charge on any atom is -0.379 e. The Kier molecular flexibility index (Phi) is 7.67. The molecule has 5 nitrogen and oxygen atoms in total. The number of morpholine rings is 1. The quantitative estimate of drug-likeness (QED) is 0.451. The number of ether oxygens (including phenoxy) is 1. The van der Waals surface area contributed by atoms with E-state index in [9.17, 15) is 8.78 Å². The van der Waals surface area contributed by atoms with Crippen LogP contribution < -0.4 is 11.1 Å². The molecule has 0 amide bonds. The van der Waals surface area contributed by atoms with Crippen LogP contribution in [0.5, 0.6) is 0 Å². The van der Waals surface area contributed by atoms with E-state index in [1.165, 1.54) is 23.3 Å². The lowest BCUT2D eigenvalue weighted by Crippen LogP contribution is -2.76. The van der Waals surface area contributed by atoms with E-state index in [-0.39, 0.29) is 17.0 Å². The first-order chi connectivity index (χ1) is 17.0. The molecule has 186 valence electrons. The second kappa shape index (κ2) is 10.9. The van der Waals surface area contributed by atoms with Crippen LogP contribution in [0.4, 0.5) is 14.5 Å². The number of benzene rings is 2. The minimum absolute atomic E-state index is 0.0930. The average molecular weight is 500 g/mol. The number of hydrogen-bond donors (Lipinski definition) is 2. The van der Waals surface area contributed by atoms with Crippen LogP contribution in [0.1, 0.15) is 18.4 Å². The van der Waals surface area contributed by atoms with Gasteiger partial charge < -0.3 is 10.5 Å². The van der Waals surface area contributed by atoms with Crippen LogP contribution in [-0.2, 0) is 11.2 Å². The summed E-state index contributed by atoms with van der Waals surface area (Å²) in [6.45, 7) is 5.76. The summed E-state index contributed by atoms with van der Waals surface area (Å²) < 4.78 is 37.4. The van der Waals surface area contributed by atoms with Crippen molar-refractivity contribution in [3.8, 4) is 0 Å². The molecular formula is C27H33F2N4OS+. The first-order valence-electron chi connectivity index (χ1n) is 12.3. The van der Waals surface area contributed by atoms with Crippen molar-refractivity contribution in [3.05, 3.63) is 88.6 Å². The molecule has 0 radical (unpaired) electrons. The molecule has 0 spiro atoms. The number of fused-ring (bicyclic) bond motifs is 1. The van der Waals surface area contributed by atoms with E-state index in [0.717, 1.165) is 75.6 Å². The molecule has 2 aromatic carbocycles. The van der Waals surface area contributed by atoms with Gasteiger partial charge in [-0.25, -0.2) is 17.4 Å². The van der Waals surface area contributed by atoms with E-state index in [0.29, 0.717) is 6.54 Å². The summed E-state index contributed by atoms with van der Waals surface area (Å²) in [4.78, 5) is 0. The van der Waals surface area contributed by atoms with E-state index in [1.807, 2.05) is 24.3 Å². The summed E-state index contributed by atoms with van der Waals surface area (Å²) in [5.74, 6) is -0.446. The van der Waals surface area contributed by atoms with E-state index < -0.39 is 0 Å². The predicted octanol–water partition coefficient (Wildman–Crippen LogP) is 3.53. The maximum atomic E-state index is 13.6. The summed E-state index contributed by atoms with van der Waals surface area (Å²) in [5.41, 5.74) is 12.1. The Hall–Kier alpha value is -2.07. The third kappa shape index (κ3) is 5.85. The van der Waals surface area contributed by atoms with Crippen molar-refractivity contribution in [2.24, 2.45) is 11.1 Å². The maximum Gasteiger partial charge on any atom is 0.135 e. The topological polar surface area (TPSA) is 58.3 Å². The molecule has 1 atom stereocenters. The number of allylic oxidation sites excluding steroid dienone is 1. The Bertz CT molecular complexity index is 1080. The van der Waals surface area contributed by atoms with Crippen molar-refractivity contribution in [1.82, 2.24) is 8.61 Å². The van der Waals surface area contributed by atoms with Gasteiger partial charge in [0, 0.05) is 68.0 Å². The zero-order valence-electron chi connectivity index (χ0n) is 19.9. The number of nitrogens with zero attached hydrogens (tertiary/aromatic N) is 2. The Morgan fingerprint density at radius 3 is 2.31 bits per heavy atom. The number of rotatable bonds is 7. The van der Waals surface area contributed by atoms with E-state index in [2.05, 4.69) is 20.0 Å². The molecule has 2 saturated heterocycles. The van der Waals surface area contributed by atoms with Gasteiger partial charge in [0.15, 0.2) is 0 Å². The molecule has 3 aliphatic rings. The second-order valence-electron chi connectivity index (χ2n) is 9.63. The lowest BCUT2D eigenvalue weighted by atomic mass is 9.65. The molecule has 0 bridgehead atoms.